The Bertz CT molecular complexity index is 1240. The number of aromatic nitrogens is 1. The van der Waals surface area contributed by atoms with Gasteiger partial charge in [-0.25, -0.2) is 0 Å². The Labute approximate surface area is 148 Å². The zero-order valence-corrected chi connectivity index (χ0v) is 14.7. The molecule has 0 fully saturated rings. The molecular weight excluding hydrogens is 323 g/mol. The van der Waals surface area contributed by atoms with E-state index in [2.05, 4.69) is 98.3 Å². The molecule has 0 spiro atoms. The summed E-state index contributed by atoms with van der Waals surface area (Å²) in [6.45, 7) is 0. The maximum atomic E-state index is 3.56. The smallest absolute Gasteiger partial charge is 0.0471 e. The number of H-pyrrole nitrogens is 1. The van der Waals surface area contributed by atoms with Crippen LogP contribution in [0.25, 0.3) is 43.7 Å². The Balaban J connectivity index is 1.83. The summed E-state index contributed by atoms with van der Waals surface area (Å²) in [6, 6.07) is 28.1. The average molecular weight is 340 g/mol. The molecule has 0 saturated carbocycles. The number of fused-ring (bicyclic) bond motifs is 5. The summed E-state index contributed by atoms with van der Waals surface area (Å²) >= 11 is 0. The molecule has 1 heterocycles. The summed E-state index contributed by atoms with van der Waals surface area (Å²) in [6.07, 6.45) is 0. The topological polar surface area (TPSA) is 27.8 Å². The first kappa shape index (κ1) is 14.5. The Kier molecular flexibility index (Phi) is 3.26. The maximum absolute atomic E-state index is 3.56. The first-order valence-corrected chi connectivity index (χ1v) is 8.91. The highest BCUT2D eigenvalue weighted by Gasteiger charge is 2.09. The highest BCUT2D eigenvalue weighted by atomic mass is 31.0. The van der Waals surface area contributed by atoms with Gasteiger partial charge in [0.1, 0.15) is 0 Å². The molecular formula is C22H17N2P. The van der Waals surface area contributed by atoms with Gasteiger partial charge in [0.2, 0.25) is 0 Å². The van der Waals surface area contributed by atoms with E-state index in [1.165, 1.54) is 43.7 Å². The van der Waals surface area contributed by atoms with Crippen LogP contribution in [-0.2, 0) is 0 Å². The fraction of sp³-hybridized carbons (Fsp3) is 0. The van der Waals surface area contributed by atoms with Crippen molar-refractivity contribution in [1.82, 2.24) is 4.98 Å². The van der Waals surface area contributed by atoms with Crippen LogP contribution in [0.1, 0.15) is 0 Å². The summed E-state index contributed by atoms with van der Waals surface area (Å²) < 4.78 is 0. The highest BCUT2D eigenvalue weighted by molar-refractivity contribution is 7.18. The van der Waals surface area contributed by atoms with Crippen LogP contribution in [0, 0.1) is 0 Å². The van der Waals surface area contributed by atoms with E-state index in [-0.39, 0.29) is 0 Å². The SMILES string of the molecule is PNc1cccc(-c2ccc3[nH]c4ccc5ccccc5c4c3c2)c1. The summed E-state index contributed by atoms with van der Waals surface area (Å²) in [5.41, 5.74) is 5.89. The molecule has 3 heteroatoms. The van der Waals surface area contributed by atoms with E-state index < -0.39 is 0 Å². The first-order chi connectivity index (χ1) is 12.3. The minimum atomic E-state index is 1.09. The molecule has 5 rings (SSSR count). The standard InChI is InChI=1S/C22H17N2P/c25-24-17-6-3-5-15(12-17)16-9-10-20-19(13-16)22-18-7-2-1-4-14(18)8-11-21(22)23-20/h1-13,23-24H,25H2. The van der Waals surface area contributed by atoms with E-state index in [0.717, 1.165) is 5.69 Å². The predicted octanol–water partition coefficient (Wildman–Crippen LogP) is 6.34. The van der Waals surface area contributed by atoms with E-state index in [0.29, 0.717) is 0 Å². The molecule has 1 aromatic heterocycles. The molecule has 120 valence electrons. The molecule has 5 aromatic rings. The quantitative estimate of drug-likeness (QED) is 0.360. The first-order valence-electron chi connectivity index (χ1n) is 8.34. The van der Waals surface area contributed by atoms with E-state index in [4.69, 9.17) is 0 Å². The van der Waals surface area contributed by atoms with Gasteiger partial charge in [-0.2, -0.15) is 0 Å². The molecule has 1 unspecified atom stereocenters. The summed E-state index contributed by atoms with van der Waals surface area (Å²) in [7, 11) is 2.55. The maximum Gasteiger partial charge on any atom is 0.0471 e. The van der Waals surface area contributed by atoms with Gasteiger partial charge in [-0.05, 0) is 61.6 Å². The van der Waals surface area contributed by atoms with Crippen molar-refractivity contribution >= 4 is 47.7 Å². The number of aromatic amines is 1. The zero-order valence-electron chi connectivity index (χ0n) is 13.6. The van der Waals surface area contributed by atoms with Crippen molar-refractivity contribution in [2.45, 2.75) is 0 Å². The number of nitrogens with one attached hydrogen (secondary N) is 2. The third kappa shape index (κ3) is 2.30. The van der Waals surface area contributed by atoms with Crippen molar-refractivity contribution < 1.29 is 0 Å². The van der Waals surface area contributed by atoms with Crippen molar-refractivity contribution in [3.63, 3.8) is 0 Å². The van der Waals surface area contributed by atoms with Crippen LogP contribution in [0.2, 0.25) is 0 Å². The van der Waals surface area contributed by atoms with Gasteiger partial charge in [0.25, 0.3) is 0 Å². The second-order valence-corrected chi connectivity index (χ2v) is 6.61. The lowest BCUT2D eigenvalue weighted by atomic mass is 10.00. The summed E-state index contributed by atoms with van der Waals surface area (Å²) in [5, 5.41) is 8.28. The van der Waals surface area contributed by atoms with Gasteiger partial charge < -0.3 is 10.1 Å². The third-order valence-corrected chi connectivity index (χ3v) is 5.18. The van der Waals surface area contributed by atoms with Crippen molar-refractivity contribution in [2.75, 3.05) is 5.09 Å². The van der Waals surface area contributed by atoms with Gasteiger partial charge in [-0.1, -0.05) is 48.5 Å². The van der Waals surface area contributed by atoms with Crippen molar-refractivity contribution in [1.29, 1.82) is 0 Å². The number of hydrogen-bond acceptors (Lipinski definition) is 1. The van der Waals surface area contributed by atoms with Crippen LogP contribution >= 0.6 is 9.39 Å². The Hall–Kier alpha value is -2.83. The molecule has 0 radical (unpaired) electrons. The molecule has 0 bridgehead atoms. The van der Waals surface area contributed by atoms with Gasteiger partial charge in [0.05, 0.1) is 0 Å². The third-order valence-electron chi connectivity index (χ3n) is 4.85. The van der Waals surface area contributed by atoms with Crippen LogP contribution in [0.5, 0.6) is 0 Å². The van der Waals surface area contributed by atoms with Crippen molar-refractivity contribution in [3.05, 3.63) is 78.9 Å². The fourth-order valence-electron chi connectivity index (χ4n) is 3.64. The van der Waals surface area contributed by atoms with E-state index >= 15 is 0 Å². The Morgan fingerprint density at radius 1 is 0.680 bits per heavy atom. The van der Waals surface area contributed by atoms with Crippen LogP contribution in [-0.4, -0.2) is 4.98 Å². The lowest BCUT2D eigenvalue weighted by molar-refractivity contribution is 1.55. The molecule has 25 heavy (non-hydrogen) atoms. The molecule has 0 saturated heterocycles. The van der Waals surface area contributed by atoms with Crippen LogP contribution in [0.3, 0.4) is 0 Å². The number of benzene rings is 4. The van der Waals surface area contributed by atoms with Crippen LogP contribution < -0.4 is 5.09 Å². The van der Waals surface area contributed by atoms with E-state index in [9.17, 15) is 0 Å². The Morgan fingerprint density at radius 3 is 2.44 bits per heavy atom. The molecule has 0 amide bonds. The van der Waals surface area contributed by atoms with E-state index in [1.807, 2.05) is 0 Å². The number of hydrogen-bond donors (Lipinski definition) is 2. The monoisotopic (exact) mass is 340 g/mol. The number of anilines is 1. The lowest BCUT2D eigenvalue weighted by Crippen LogP contribution is -1.82. The summed E-state index contributed by atoms with van der Waals surface area (Å²) in [4.78, 5) is 3.56. The normalized spacial score (nSPS) is 11.4. The summed E-state index contributed by atoms with van der Waals surface area (Å²) in [5.74, 6) is 0. The fourth-order valence-corrected chi connectivity index (χ4v) is 3.82. The average Bonchev–Trinajstić information content (AvgIpc) is 3.06. The van der Waals surface area contributed by atoms with Crippen LogP contribution in [0.15, 0.2) is 78.9 Å². The molecule has 0 aliphatic rings. The molecule has 0 aliphatic heterocycles. The minimum absolute atomic E-state index is 1.09. The van der Waals surface area contributed by atoms with Gasteiger partial charge in [-0.15, -0.1) is 0 Å². The minimum Gasteiger partial charge on any atom is -0.369 e. The van der Waals surface area contributed by atoms with Gasteiger partial charge in [0.15, 0.2) is 0 Å². The van der Waals surface area contributed by atoms with E-state index in [1.54, 1.807) is 0 Å². The van der Waals surface area contributed by atoms with Gasteiger partial charge in [-0.3, -0.25) is 0 Å². The molecule has 2 nitrogen and oxygen atoms in total. The second-order valence-electron chi connectivity index (χ2n) is 6.32. The van der Waals surface area contributed by atoms with Crippen molar-refractivity contribution in [3.8, 4) is 11.1 Å². The molecule has 0 aliphatic carbocycles. The predicted molar refractivity (Wildman–Crippen MR) is 112 cm³/mol. The van der Waals surface area contributed by atoms with Gasteiger partial charge in [0, 0.05) is 27.5 Å². The zero-order chi connectivity index (χ0) is 16.8. The largest absolute Gasteiger partial charge is 0.369 e. The molecule has 2 N–H and O–H groups in total. The number of rotatable bonds is 2. The van der Waals surface area contributed by atoms with Crippen molar-refractivity contribution in [2.24, 2.45) is 0 Å². The lowest BCUT2D eigenvalue weighted by Gasteiger charge is -2.06. The van der Waals surface area contributed by atoms with Gasteiger partial charge >= 0.3 is 0 Å². The molecule has 4 aromatic carbocycles. The Morgan fingerprint density at radius 2 is 1.52 bits per heavy atom. The van der Waals surface area contributed by atoms with Crippen LogP contribution in [0.4, 0.5) is 5.69 Å². The second kappa shape index (κ2) is 5.61. The highest BCUT2D eigenvalue weighted by Crippen LogP contribution is 2.35. The molecule has 1 atom stereocenters.